The number of halogens is 3. The number of carbonyl (C=O) groups excluding carboxylic acids is 1. The van der Waals surface area contributed by atoms with Gasteiger partial charge in [0.1, 0.15) is 6.10 Å². The lowest BCUT2D eigenvalue weighted by Gasteiger charge is -2.37. The van der Waals surface area contributed by atoms with Crippen LogP contribution in [-0.2, 0) is 21.0 Å². The van der Waals surface area contributed by atoms with Crippen LogP contribution in [0.3, 0.4) is 0 Å². The summed E-state index contributed by atoms with van der Waals surface area (Å²) in [6, 6.07) is 6.05. The van der Waals surface area contributed by atoms with Gasteiger partial charge in [-0.3, -0.25) is 4.79 Å². The second-order valence-electron chi connectivity index (χ2n) is 6.60. The quantitative estimate of drug-likeness (QED) is 0.790. The predicted molar refractivity (Wildman–Crippen MR) is 97.9 cm³/mol. The second kappa shape index (κ2) is 7.64. The molecule has 3 rings (SSSR count). The Labute approximate surface area is 165 Å². The van der Waals surface area contributed by atoms with E-state index in [2.05, 4.69) is 10.3 Å². The van der Waals surface area contributed by atoms with E-state index in [0.29, 0.717) is 11.3 Å². The third-order valence-corrected chi connectivity index (χ3v) is 6.27. The number of sulfonamides is 1. The predicted octanol–water partition coefficient (Wildman–Crippen LogP) is 2.82. The lowest BCUT2D eigenvalue weighted by Crippen LogP contribution is -2.56. The van der Waals surface area contributed by atoms with Crippen LogP contribution in [-0.4, -0.2) is 42.8 Å². The first kappa shape index (κ1) is 21.1. The molecule has 1 aromatic heterocycles. The Hall–Kier alpha value is -2.66. The van der Waals surface area contributed by atoms with Crippen molar-refractivity contribution in [2.24, 2.45) is 0 Å². The largest absolute Gasteiger partial charge is 0.472 e. The molecule has 1 saturated heterocycles. The van der Waals surface area contributed by atoms with Crippen molar-refractivity contribution in [2.45, 2.75) is 31.0 Å². The van der Waals surface area contributed by atoms with Gasteiger partial charge in [-0.05, 0) is 36.8 Å². The lowest BCUT2D eigenvalue weighted by atomic mass is 10.2. The van der Waals surface area contributed by atoms with Gasteiger partial charge in [0, 0.05) is 24.9 Å². The minimum Gasteiger partial charge on any atom is -0.472 e. The van der Waals surface area contributed by atoms with E-state index < -0.39 is 27.9 Å². The summed E-state index contributed by atoms with van der Waals surface area (Å²) >= 11 is 0. The van der Waals surface area contributed by atoms with Crippen molar-refractivity contribution in [3.63, 3.8) is 0 Å². The summed E-state index contributed by atoms with van der Waals surface area (Å²) in [7, 11) is -3.79. The number of alkyl halides is 3. The Balaban J connectivity index is 1.67. The number of aromatic nitrogens is 1. The number of benzene rings is 1. The average molecular weight is 429 g/mol. The molecule has 0 spiro atoms. The summed E-state index contributed by atoms with van der Waals surface area (Å²) in [5, 5.41) is 2.58. The molecule has 2 aromatic rings. The molecule has 0 aliphatic carbocycles. The summed E-state index contributed by atoms with van der Waals surface area (Å²) < 4.78 is 70.3. The number of pyridine rings is 1. The summed E-state index contributed by atoms with van der Waals surface area (Å²) in [6.07, 6.45) is -4.12. The number of carbonyl (C=O) groups is 1. The molecular formula is C18H18F3N3O4S. The number of nitrogens with one attached hydrogen (secondary N) is 1. The van der Waals surface area contributed by atoms with Crippen molar-refractivity contribution < 1.29 is 31.1 Å². The number of rotatable bonds is 5. The van der Waals surface area contributed by atoms with E-state index in [4.69, 9.17) is 4.74 Å². The van der Waals surface area contributed by atoms with Crippen molar-refractivity contribution in [3.8, 4) is 5.88 Å². The number of hydrogen-bond donors (Lipinski definition) is 1. The molecule has 2 heterocycles. The number of nitrogens with zero attached hydrogens (tertiary/aromatic N) is 2. The average Bonchev–Trinajstić information content (AvgIpc) is 2.56. The first-order valence-corrected chi connectivity index (χ1v) is 9.99. The van der Waals surface area contributed by atoms with Crippen molar-refractivity contribution in [3.05, 3.63) is 47.7 Å². The van der Waals surface area contributed by atoms with E-state index in [0.717, 1.165) is 18.3 Å². The molecule has 0 bridgehead atoms. The van der Waals surface area contributed by atoms with Crippen molar-refractivity contribution in [2.75, 3.05) is 18.4 Å². The third kappa shape index (κ3) is 4.67. The number of amides is 1. The highest BCUT2D eigenvalue weighted by Crippen LogP contribution is 2.32. The molecule has 1 aliphatic rings. The first-order valence-electron chi connectivity index (χ1n) is 8.55. The zero-order valence-corrected chi connectivity index (χ0v) is 16.3. The molecule has 156 valence electrons. The molecule has 11 heteroatoms. The minimum atomic E-state index is -4.52. The van der Waals surface area contributed by atoms with Crippen LogP contribution < -0.4 is 10.1 Å². The minimum absolute atomic E-state index is 0.00680. The summed E-state index contributed by atoms with van der Waals surface area (Å²) in [5.41, 5.74) is 0.0516. The summed E-state index contributed by atoms with van der Waals surface area (Å²) in [4.78, 5) is 14.9. The molecule has 1 aliphatic heterocycles. The Morgan fingerprint density at radius 2 is 1.93 bits per heavy atom. The Morgan fingerprint density at radius 3 is 2.52 bits per heavy atom. The van der Waals surface area contributed by atoms with Crippen LogP contribution in [0.1, 0.15) is 18.1 Å². The van der Waals surface area contributed by atoms with Gasteiger partial charge in [-0.2, -0.15) is 17.5 Å². The SMILES string of the molecule is CC(=O)Nc1ccc(S(=O)(=O)N2CC(Oc3cc(C(F)(F)F)ccn3)C2)c(C)c1. The van der Waals surface area contributed by atoms with Crippen LogP contribution >= 0.6 is 0 Å². The smallest absolute Gasteiger partial charge is 0.416 e. The maximum atomic E-state index is 12.8. The van der Waals surface area contributed by atoms with Crippen LogP contribution in [0.15, 0.2) is 41.4 Å². The molecular weight excluding hydrogens is 411 g/mol. The zero-order valence-electron chi connectivity index (χ0n) is 15.5. The number of ether oxygens (including phenoxy) is 1. The molecule has 1 N–H and O–H groups in total. The molecule has 1 fully saturated rings. The van der Waals surface area contributed by atoms with Gasteiger partial charge in [0.2, 0.25) is 21.8 Å². The molecule has 0 atom stereocenters. The normalized spacial score (nSPS) is 15.6. The van der Waals surface area contributed by atoms with E-state index in [9.17, 15) is 26.4 Å². The van der Waals surface area contributed by atoms with Crippen molar-refractivity contribution in [1.82, 2.24) is 9.29 Å². The Kier molecular flexibility index (Phi) is 5.54. The van der Waals surface area contributed by atoms with E-state index in [1.807, 2.05) is 0 Å². The fourth-order valence-electron chi connectivity index (χ4n) is 2.85. The van der Waals surface area contributed by atoms with Crippen LogP contribution in [0.2, 0.25) is 0 Å². The van der Waals surface area contributed by atoms with Gasteiger partial charge in [0.25, 0.3) is 0 Å². The highest BCUT2D eigenvalue weighted by Gasteiger charge is 2.39. The molecule has 0 unspecified atom stereocenters. The maximum Gasteiger partial charge on any atom is 0.416 e. The van der Waals surface area contributed by atoms with Crippen molar-refractivity contribution in [1.29, 1.82) is 0 Å². The molecule has 29 heavy (non-hydrogen) atoms. The zero-order chi connectivity index (χ0) is 21.4. The van der Waals surface area contributed by atoms with Gasteiger partial charge in [0.05, 0.1) is 23.5 Å². The van der Waals surface area contributed by atoms with Gasteiger partial charge in [0.15, 0.2) is 0 Å². The third-order valence-electron chi connectivity index (χ3n) is 4.28. The highest BCUT2D eigenvalue weighted by molar-refractivity contribution is 7.89. The monoisotopic (exact) mass is 429 g/mol. The van der Waals surface area contributed by atoms with Crippen LogP contribution in [0.4, 0.5) is 18.9 Å². The van der Waals surface area contributed by atoms with Gasteiger partial charge in [-0.15, -0.1) is 0 Å². The van der Waals surface area contributed by atoms with Crippen LogP contribution in [0, 0.1) is 6.92 Å². The highest BCUT2D eigenvalue weighted by atomic mass is 32.2. The van der Waals surface area contributed by atoms with Gasteiger partial charge in [-0.1, -0.05) is 0 Å². The van der Waals surface area contributed by atoms with Crippen LogP contribution in [0.25, 0.3) is 0 Å². The van der Waals surface area contributed by atoms with E-state index in [1.165, 1.54) is 23.4 Å². The Morgan fingerprint density at radius 1 is 1.24 bits per heavy atom. The fourth-order valence-corrected chi connectivity index (χ4v) is 4.56. The summed E-state index contributed by atoms with van der Waals surface area (Å²) in [6.45, 7) is 2.94. The number of aryl methyl sites for hydroxylation is 1. The fraction of sp³-hybridized carbons (Fsp3) is 0.333. The van der Waals surface area contributed by atoms with Gasteiger partial charge < -0.3 is 10.1 Å². The molecule has 0 radical (unpaired) electrons. The van der Waals surface area contributed by atoms with Crippen LogP contribution in [0.5, 0.6) is 5.88 Å². The van der Waals surface area contributed by atoms with Gasteiger partial charge in [-0.25, -0.2) is 13.4 Å². The maximum absolute atomic E-state index is 12.8. The van der Waals surface area contributed by atoms with E-state index in [1.54, 1.807) is 13.0 Å². The van der Waals surface area contributed by atoms with E-state index in [-0.39, 0.29) is 29.8 Å². The Bertz CT molecular complexity index is 1030. The van der Waals surface area contributed by atoms with Gasteiger partial charge >= 0.3 is 6.18 Å². The lowest BCUT2D eigenvalue weighted by molar-refractivity contribution is -0.137. The first-order chi connectivity index (χ1) is 13.5. The standard InChI is InChI=1S/C18H18F3N3O4S/c1-11-7-14(23-12(2)25)3-4-16(11)29(26,27)24-9-15(10-24)28-17-8-13(5-6-22-17)18(19,20)21/h3-8,15H,9-10H2,1-2H3,(H,23,25). The van der Waals surface area contributed by atoms with E-state index >= 15 is 0 Å². The number of hydrogen-bond acceptors (Lipinski definition) is 5. The molecule has 1 aromatic carbocycles. The molecule has 7 nitrogen and oxygen atoms in total. The molecule has 0 saturated carbocycles. The number of anilines is 1. The summed E-state index contributed by atoms with van der Waals surface area (Å²) in [5.74, 6) is -0.483. The second-order valence-corrected chi connectivity index (χ2v) is 8.51. The topological polar surface area (TPSA) is 88.6 Å². The molecule has 1 amide bonds. The van der Waals surface area contributed by atoms with Crippen molar-refractivity contribution >= 4 is 21.6 Å².